The molecule has 0 aliphatic carbocycles. The molecule has 0 saturated carbocycles. The van der Waals surface area contributed by atoms with Crippen molar-refractivity contribution in [2.45, 2.75) is 56.0 Å². The van der Waals surface area contributed by atoms with E-state index in [0.29, 0.717) is 16.8 Å². The largest absolute Gasteiger partial charge is 0.496 e. The topological polar surface area (TPSA) is 93.4 Å². The lowest BCUT2D eigenvalue weighted by Crippen LogP contribution is -2.34. The number of rotatable bonds is 7. The van der Waals surface area contributed by atoms with E-state index in [2.05, 4.69) is 34.6 Å². The number of para-hydroxylation sites is 1. The number of piperidine rings is 1. The van der Waals surface area contributed by atoms with Crippen molar-refractivity contribution < 1.29 is 8.95 Å². The van der Waals surface area contributed by atoms with E-state index in [9.17, 15) is 4.21 Å². The quantitative estimate of drug-likeness (QED) is 0.580. The molecule has 2 atom stereocenters. The van der Waals surface area contributed by atoms with Gasteiger partial charge in [0.15, 0.2) is 5.65 Å². The van der Waals surface area contributed by atoms with Crippen LogP contribution in [0.25, 0.3) is 5.65 Å². The summed E-state index contributed by atoms with van der Waals surface area (Å²) < 4.78 is 20.6. The molecule has 9 heteroatoms. The highest BCUT2D eigenvalue weighted by Gasteiger charge is 2.26. The Morgan fingerprint density at radius 2 is 1.90 bits per heavy atom. The number of fused-ring (bicyclic) bond motifs is 1. The number of methoxy groups -OCH3 is 1. The second-order valence-corrected chi connectivity index (χ2v) is 9.80. The Labute approximate surface area is 185 Å². The summed E-state index contributed by atoms with van der Waals surface area (Å²) in [5, 5.41) is 11.7. The third-order valence-corrected chi connectivity index (χ3v) is 7.34. The van der Waals surface area contributed by atoms with Gasteiger partial charge in [0.2, 0.25) is 11.1 Å². The van der Waals surface area contributed by atoms with Crippen LogP contribution in [-0.4, -0.2) is 49.2 Å². The van der Waals surface area contributed by atoms with Crippen molar-refractivity contribution >= 4 is 22.4 Å². The molecular formula is C22H30N6O2S. The normalized spacial score (nSPS) is 17.1. The first-order chi connectivity index (χ1) is 15.0. The van der Waals surface area contributed by atoms with Crippen molar-refractivity contribution in [3.63, 3.8) is 0 Å². The summed E-state index contributed by atoms with van der Waals surface area (Å²) in [7, 11) is 0.389. The van der Waals surface area contributed by atoms with Crippen molar-refractivity contribution in [1.29, 1.82) is 0 Å². The Balaban J connectivity index is 1.75. The van der Waals surface area contributed by atoms with Gasteiger partial charge in [-0.2, -0.15) is 14.6 Å². The molecule has 0 bridgehead atoms. The summed E-state index contributed by atoms with van der Waals surface area (Å²) in [6.07, 6.45) is 3.54. The molecule has 0 amide bonds. The standard InChI is InChI=1S/C22H30N6O2S/c1-14(2)18-13-24-28-20(18)26-22(31(29)16-9-11-23-12-10-16)27-21(28)25-15(3)17-7-5-6-8-19(17)30-4/h5-8,13-16,23H,9-12H2,1-4H3,(H,25,26,27)/t15-,31?/m0/s1. The van der Waals surface area contributed by atoms with Gasteiger partial charge in [0, 0.05) is 16.4 Å². The van der Waals surface area contributed by atoms with Gasteiger partial charge in [-0.25, -0.2) is 4.98 Å². The highest BCUT2D eigenvalue weighted by molar-refractivity contribution is 7.85. The Morgan fingerprint density at radius 1 is 1.16 bits per heavy atom. The Bertz CT molecular complexity index is 1080. The van der Waals surface area contributed by atoms with Crippen LogP contribution in [0.2, 0.25) is 0 Å². The van der Waals surface area contributed by atoms with Gasteiger partial charge in [-0.05, 0) is 44.8 Å². The maximum atomic E-state index is 13.3. The second kappa shape index (κ2) is 9.32. The zero-order valence-corrected chi connectivity index (χ0v) is 19.3. The summed E-state index contributed by atoms with van der Waals surface area (Å²) in [5.41, 5.74) is 2.73. The molecule has 8 nitrogen and oxygen atoms in total. The Morgan fingerprint density at radius 3 is 2.61 bits per heavy atom. The first-order valence-electron chi connectivity index (χ1n) is 10.8. The van der Waals surface area contributed by atoms with E-state index in [1.54, 1.807) is 11.6 Å². The second-order valence-electron chi connectivity index (χ2n) is 8.17. The van der Waals surface area contributed by atoms with E-state index < -0.39 is 10.8 Å². The molecule has 166 valence electrons. The molecule has 0 spiro atoms. The molecule has 1 unspecified atom stereocenters. The van der Waals surface area contributed by atoms with Crippen molar-refractivity contribution in [2.75, 3.05) is 25.5 Å². The van der Waals surface area contributed by atoms with Crippen LogP contribution in [0.5, 0.6) is 5.75 Å². The first kappa shape index (κ1) is 21.7. The zero-order valence-electron chi connectivity index (χ0n) is 18.5. The molecule has 0 radical (unpaired) electrons. The van der Waals surface area contributed by atoms with Gasteiger partial charge in [-0.1, -0.05) is 32.0 Å². The van der Waals surface area contributed by atoms with E-state index in [1.807, 2.05) is 37.4 Å². The molecule has 1 aliphatic heterocycles. The van der Waals surface area contributed by atoms with Gasteiger partial charge >= 0.3 is 0 Å². The zero-order chi connectivity index (χ0) is 22.0. The smallest absolute Gasteiger partial charge is 0.228 e. The SMILES string of the molecule is COc1ccccc1[C@H](C)Nc1nc(S(=O)C2CCNCC2)nc2c(C(C)C)cnn12. The highest BCUT2D eigenvalue weighted by Crippen LogP contribution is 2.29. The van der Waals surface area contributed by atoms with Gasteiger partial charge < -0.3 is 15.4 Å². The maximum absolute atomic E-state index is 13.3. The number of hydrogen-bond acceptors (Lipinski definition) is 7. The third-order valence-electron chi connectivity index (χ3n) is 5.72. The van der Waals surface area contributed by atoms with Crippen molar-refractivity contribution in [2.24, 2.45) is 0 Å². The number of nitrogens with zero attached hydrogens (tertiary/aromatic N) is 4. The van der Waals surface area contributed by atoms with Crippen molar-refractivity contribution in [3.05, 3.63) is 41.6 Å². The number of aromatic nitrogens is 4. The monoisotopic (exact) mass is 442 g/mol. The summed E-state index contributed by atoms with van der Waals surface area (Å²) in [6.45, 7) is 8.00. The van der Waals surface area contributed by atoms with Crippen LogP contribution in [0.3, 0.4) is 0 Å². The van der Waals surface area contributed by atoms with Gasteiger partial charge in [0.25, 0.3) is 0 Å². The minimum atomic E-state index is -1.28. The molecule has 4 rings (SSSR count). The lowest BCUT2D eigenvalue weighted by atomic mass is 10.1. The van der Waals surface area contributed by atoms with Gasteiger partial charge in [-0.15, -0.1) is 0 Å². The van der Waals surface area contributed by atoms with Crippen molar-refractivity contribution in [3.8, 4) is 5.75 Å². The molecule has 2 N–H and O–H groups in total. The van der Waals surface area contributed by atoms with Crippen LogP contribution < -0.4 is 15.4 Å². The van der Waals surface area contributed by atoms with E-state index in [0.717, 1.165) is 42.8 Å². The fourth-order valence-electron chi connectivity index (χ4n) is 3.92. The fourth-order valence-corrected chi connectivity index (χ4v) is 5.23. The van der Waals surface area contributed by atoms with E-state index >= 15 is 0 Å². The number of anilines is 1. The minimum Gasteiger partial charge on any atom is -0.496 e. The van der Waals surface area contributed by atoms with E-state index in [-0.39, 0.29) is 17.2 Å². The van der Waals surface area contributed by atoms with Gasteiger partial charge in [0.05, 0.1) is 30.1 Å². The number of hydrogen-bond donors (Lipinski definition) is 2. The van der Waals surface area contributed by atoms with Crippen LogP contribution >= 0.6 is 0 Å². The lowest BCUT2D eigenvalue weighted by Gasteiger charge is -2.22. The third kappa shape index (κ3) is 4.43. The average molecular weight is 443 g/mol. The molecule has 31 heavy (non-hydrogen) atoms. The molecule has 2 aromatic heterocycles. The van der Waals surface area contributed by atoms with Gasteiger partial charge in [-0.3, -0.25) is 4.21 Å². The van der Waals surface area contributed by atoms with Crippen LogP contribution in [-0.2, 0) is 10.8 Å². The van der Waals surface area contributed by atoms with Crippen molar-refractivity contribution in [1.82, 2.24) is 24.9 Å². The van der Waals surface area contributed by atoms with Crippen LogP contribution in [0.15, 0.2) is 35.6 Å². The molecular weight excluding hydrogens is 412 g/mol. The lowest BCUT2D eigenvalue weighted by molar-refractivity contribution is 0.408. The predicted octanol–water partition coefficient (Wildman–Crippen LogP) is 3.29. The Kier molecular flexibility index (Phi) is 6.52. The summed E-state index contributed by atoms with van der Waals surface area (Å²) in [5.74, 6) is 1.58. The predicted molar refractivity (Wildman–Crippen MR) is 122 cm³/mol. The number of ether oxygens (including phenoxy) is 1. The first-order valence-corrected chi connectivity index (χ1v) is 12.0. The molecule has 3 aromatic rings. The molecule has 1 aromatic carbocycles. The Hall–Kier alpha value is -2.52. The summed E-state index contributed by atoms with van der Waals surface area (Å²) >= 11 is 0. The summed E-state index contributed by atoms with van der Waals surface area (Å²) in [4.78, 5) is 9.40. The fraction of sp³-hybridized carbons (Fsp3) is 0.500. The van der Waals surface area contributed by atoms with Crippen LogP contribution in [0, 0.1) is 0 Å². The molecule has 1 aliphatic rings. The highest BCUT2D eigenvalue weighted by atomic mass is 32.2. The molecule has 1 fully saturated rings. The number of nitrogens with one attached hydrogen (secondary N) is 2. The van der Waals surface area contributed by atoms with Crippen LogP contribution in [0.4, 0.5) is 5.95 Å². The van der Waals surface area contributed by atoms with Gasteiger partial charge in [0.1, 0.15) is 5.75 Å². The maximum Gasteiger partial charge on any atom is 0.228 e. The summed E-state index contributed by atoms with van der Waals surface area (Å²) in [6, 6.07) is 7.78. The average Bonchev–Trinajstić information content (AvgIpc) is 3.23. The number of benzene rings is 1. The minimum absolute atomic E-state index is 0.0635. The van der Waals surface area contributed by atoms with E-state index in [1.165, 1.54) is 0 Å². The van der Waals surface area contributed by atoms with E-state index in [4.69, 9.17) is 9.72 Å². The molecule has 3 heterocycles. The molecule has 1 saturated heterocycles. The van der Waals surface area contributed by atoms with Crippen LogP contribution in [0.1, 0.15) is 56.7 Å².